The summed E-state index contributed by atoms with van der Waals surface area (Å²) in [6, 6.07) is 11.1. The summed E-state index contributed by atoms with van der Waals surface area (Å²) in [5, 5.41) is 8.35. The molecule has 0 unspecified atom stereocenters. The van der Waals surface area contributed by atoms with Gasteiger partial charge in [-0.25, -0.2) is 22.0 Å². The second kappa shape index (κ2) is 7.62. The molecule has 2 aromatic carbocycles. The van der Waals surface area contributed by atoms with Crippen molar-refractivity contribution in [3.05, 3.63) is 59.4 Å². The molecule has 0 saturated heterocycles. The molecule has 1 heterocycles. The number of primary sulfonamides is 1. The van der Waals surface area contributed by atoms with Crippen LogP contribution in [0.5, 0.6) is 0 Å². The standard InChI is InChI=1S/C19H20N2O6S2/c1-3-12-8-9-13(10-17(12)29(20,25)26)21-19(22)18-15(11-28(2,23)24)14-6-4-5-7-16(14)27-18/h4-10H,3,11H2,1-2H3,(H,21,22)(H2,20,25,26). The lowest BCUT2D eigenvalue weighted by molar-refractivity contribution is 0.0997. The summed E-state index contributed by atoms with van der Waals surface area (Å²) in [5.41, 5.74) is 1.34. The van der Waals surface area contributed by atoms with Gasteiger partial charge in [0.2, 0.25) is 10.0 Å². The van der Waals surface area contributed by atoms with E-state index in [0.717, 1.165) is 6.26 Å². The van der Waals surface area contributed by atoms with Crippen LogP contribution in [0.1, 0.15) is 28.6 Å². The van der Waals surface area contributed by atoms with Gasteiger partial charge < -0.3 is 9.73 Å². The highest BCUT2D eigenvalue weighted by atomic mass is 32.2. The van der Waals surface area contributed by atoms with Gasteiger partial charge in [0.15, 0.2) is 15.6 Å². The van der Waals surface area contributed by atoms with Gasteiger partial charge >= 0.3 is 0 Å². The Kier molecular flexibility index (Phi) is 5.52. The Hall–Kier alpha value is -2.69. The molecule has 0 aliphatic heterocycles. The maximum atomic E-state index is 12.8. The number of sulfone groups is 1. The Morgan fingerprint density at radius 2 is 1.79 bits per heavy atom. The smallest absolute Gasteiger partial charge is 0.291 e. The van der Waals surface area contributed by atoms with E-state index in [1.54, 1.807) is 43.3 Å². The monoisotopic (exact) mass is 436 g/mol. The molecule has 0 aliphatic rings. The molecule has 29 heavy (non-hydrogen) atoms. The highest BCUT2D eigenvalue weighted by Gasteiger charge is 2.24. The first-order chi connectivity index (χ1) is 13.5. The van der Waals surface area contributed by atoms with Crippen LogP contribution >= 0.6 is 0 Å². The first kappa shape index (κ1) is 21.0. The largest absolute Gasteiger partial charge is 0.451 e. The topological polar surface area (TPSA) is 137 Å². The number of hydrogen-bond donors (Lipinski definition) is 2. The Bertz CT molecular complexity index is 1310. The molecule has 0 spiro atoms. The number of amides is 1. The average molecular weight is 437 g/mol. The number of para-hydroxylation sites is 1. The maximum absolute atomic E-state index is 12.8. The Labute approximate surface area is 168 Å². The molecule has 0 atom stereocenters. The van der Waals surface area contributed by atoms with E-state index in [4.69, 9.17) is 9.56 Å². The summed E-state index contributed by atoms with van der Waals surface area (Å²) in [5.74, 6) is -1.21. The van der Waals surface area contributed by atoms with Crippen molar-refractivity contribution in [2.45, 2.75) is 24.0 Å². The minimum absolute atomic E-state index is 0.0845. The summed E-state index contributed by atoms with van der Waals surface area (Å²) in [7, 11) is -7.41. The second-order valence-electron chi connectivity index (χ2n) is 6.65. The van der Waals surface area contributed by atoms with Crippen molar-refractivity contribution in [1.82, 2.24) is 0 Å². The Morgan fingerprint density at radius 1 is 1.10 bits per heavy atom. The van der Waals surface area contributed by atoms with Crippen LogP contribution in [0.3, 0.4) is 0 Å². The molecule has 1 amide bonds. The zero-order chi connectivity index (χ0) is 21.4. The van der Waals surface area contributed by atoms with Crippen LogP contribution in [0, 0.1) is 0 Å². The number of carbonyl (C=O) groups is 1. The molecular formula is C19H20N2O6S2. The van der Waals surface area contributed by atoms with Crippen LogP contribution in [-0.2, 0) is 32.0 Å². The predicted molar refractivity (Wildman–Crippen MR) is 110 cm³/mol. The number of sulfonamides is 1. The van der Waals surface area contributed by atoms with Crippen LogP contribution in [0.25, 0.3) is 11.0 Å². The van der Waals surface area contributed by atoms with Crippen molar-refractivity contribution in [3.8, 4) is 0 Å². The van der Waals surface area contributed by atoms with Gasteiger partial charge in [-0.05, 0) is 30.2 Å². The third-order valence-corrected chi connectivity index (χ3v) is 6.13. The summed E-state index contributed by atoms with van der Waals surface area (Å²) in [6.45, 7) is 1.79. The van der Waals surface area contributed by atoms with Crippen molar-refractivity contribution in [1.29, 1.82) is 0 Å². The number of nitrogens with two attached hydrogens (primary N) is 1. The zero-order valence-electron chi connectivity index (χ0n) is 15.8. The molecule has 154 valence electrons. The summed E-state index contributed by atoms with van der Waals surface area (Å²) < 4.78 is 53.0. The van der Waals surface area contributed by atoms with Crippen LogP contribution in [0.2, 0.25) is 0 Å². The second-order valence-corrected chi connectivity index (χ2v) is 10.3. The first-order valence-corrected chi connectivity index (χ1v) is 12.3. The summed E-state index contributed by atoms with van der Waals surface area (Å²) in [4.78, 5) is 12.7. The number of fused-ring (bicyclic) bond motifs is 1. The molecule has 1 aromatic heterocycles. The van der Waals surface area contributed by atoms with Gasteiger partial charge in [0.1, 0.15) is 5.58 Å². The predicted octanol–water partition coefficient (Wildman–Crippen LogP) is 2.44. The molecule has 0 bridgehead atoms. The van der Waals surface area contributed by atoms with Gasteiger partial charge in [-0.2, -0.15) is 0 Å². The molecule has 0 aliphatic carbocycles. The van der Waals surface area contributed by atoms with Crippen molar-refractivity contribution in [2.75, 3.05) is 11.6 Å². The fraction of sp³-hybridized carbons (Fsp3) is 0.211. The Morgan fingerprint density at radius 3 is 2.41 bits per heavy atom. The SMILES string of the molecule is CCc1ccc(NC(=O)c2oc3ccccc3c2CS(C)(=O)=O)cc1S(N)(=O)=O. The van der Waals surface area contributed by atoms with E-state index in [1.807, 2.05) is 0 Å². The van der Waals surface area contributed by atoms with E-state index in [2.05, 4.69) is 5.32 Å². The van der Waals surface area contributed by atoms with Crippen molar-refractivity contribution >= 4 is 42.4 Å². The Balaban J connectivity index is 2.04. The lowest BCUT2D eigenvalue weighted by Gasteiger charge is -2.10. The lowest BCUT2D eigenvalue weighted by Crippen LogP contribution is -2.17. The van der Waals surface area contributed by atoms with Crippen LogP contribution in [-0.4, -0.2) is 29.0 Å². The normalized spacial score (nSPS) is 12.2. The van der Waals surface area contributed by atoms with E-state index in [9.17, 15) is 21.6 Å². The first-order valence-electron chi connectivity index (χ1n) is 8.65. The highest BCUT2D eigenvalue weighted by molar-refractivity contribution is 7.90. The molecule has 0 saturated carbocycles. The van der Waals surface area contributed by atoms with E-state index < -0.39 is 25.8 Å². The van der Waals surface area contributed by atoms with E-state index in [-0.39, 0.29) is 27.7 Å². The number of rotatable bonds is 6. The summed E-state index contributed by atoms with van der Waals surface area (Å²) >= 11 is 0. The van der Waals surface area contributed by atoms with E-state index in [0.29, 0.717) is 23.0 Å². The number of anilines is 1. The van der Waals surface area contributed by atoms with Gasteiger partial charge in [0.05, 0.1) is 10.6 Å². The zero-order valence-corrected chi connectivity index (χ0v) is 17.4. The molecule has 3 N–H and O–H groups in total. The molecular weight excluding hydrogens is 416 g/mol. The number of hydrogen-bond acceptors (Lipinski definition) is 6. The quantitative estimate of drug-likeness (QED) is 0.609. The van der Waals surface area contributed by atoms with Gasteiger partial charge in [-0.3, -0.25) is 4.79 Å². The number of furan rings is 1. The fourth-order valence-corrected chi connectivity index (χ4v) is 4.74. The molecule has 0 radical (unpaired) electrons. The number of benzene rings is 2. The van der Waals surface area contributed by atoms with Crippen LogP contribution in [0.4, 0.5) is 5.69 Å². The van der Waals surface area contributed by atoms with Gasteiger partial charge in [0.25, 0.3) is 5.91 Å². The van der Waals surface area contributed by atoms with Crippen molar-refractivity contribution < 1.29 is 26.0 Å². The van der Waals surface area contributed by atoms with Gasteiger partial charge in [-0.1, -0.05) is 31.2 Å². The summed E-state index contributed by atoms with van der Waals surface area (Å²) in [6.07, 6.45) is 1.51. The average Bonchev–Trinajstić information content (AvgIpc) is 2.98. The lowest BCUT2D eigenvalue weighted by atomic mass is 10.1. The fourth-order valence-electron chi connectivity index (χ4n) is 3.06. The third kappa shape index (κ3) is 4.66. The molecule has 8 nitrogen and oxygen atoms in total. The number of aryl methyl sites for hydroxylation is 1. The minimum atomic E-state index is -3.98. The molecule has 3 aromatic rings. The van der Waals surface area contributed by atoms with Crippen LogP contribution in [0.15, 0.2) is 51.8 Å². The van der Waals surface area contributed by atoms with Crippen molar-refractivity contribution in [2.24, 2.45) is 5.14 Å². The molecule has 0 fully saturated rings. The van der Waals surface area contributed by atoms with Gasteiger partial charge in [0, 0.05) is 22.9 Å². The molecule has 10 heteroatoms. The maximum Gasteiger partial charge on any atom is 0.291 e. The van der Waals surface area contributed by atoms with E-state index >= 15 is 0 Å². The third-order valence-electron chi connectivity index (χ3n) is 4.32. The number of nitrogens with one attached hydrogen (secondary N) is 1. The van der Waals surface area contributed by atoms with Crippen molar-refractivity contribution in [3.63, 3.8) is 0 Å². The molecule has 3 rings (SSSR count). The highest BCUT2D eigenvalue weighted by Crippen LogP contribution is 2.29. The van der Waals surface area contributed by atoms with E-state index in [1.165, 1.54) is 6.07 Å². The number of carbonyl (C=O) groups excluding carboxylic acids is 1. The van der Waals surface area contributed by atoms with Gasteiger partial charge in [-0.15, -0.1) is 0 Å². The van der Waals surface area contributed by atoms with Crippen LogP contribution < -0.4 is 10.5 Å². The minimum Gasteiger partial charge on any atom is -0.451 e.